The van der Waals surface area contributed by atoms with Gasteiger partial charge in [-0.2, -0.15) is 5.26 Å². The molecule has 106 valence electrons. The van der Waals surface area contributed by atoms with Crippen LogP contribution in [0.15, 0.2) is 36.4 Å². The van der Waals surface area contributed by atoms with Crippen LogP contribution in [0.25, 0.3) is 0 Å². The van der Waals surface area contributed by atoms with E-state index < -0.39 is 0 Å². The second-order valence-corrected chi connectivity index (χ2v) is 5.31. The number of benzene rings is 2. The molecule has 0 bridgehead atoms. The van der Waals surface area contributed by atoms with E-state index in [2.05, 4.69) is 23.5 Å². The minimum atomic E-state index is -0.0465. The number of anilines is 1. The van der Waals surface area contributed by atoms with Crippen LogP contribution in [0.2, 0.25) is 0 Å². The number of nitrogens with one attached hydrogen (secondary N) is 1. The lowest BCUT2D eigenvalue weighted by Crippen LogP contribution is -2.16. The SMILES string of the molecule is Cc1cc(C)c(NC(=O)Cc2ccc(C#N)cc2)c(C)c1. The molecule has 2 aromatic carbocycles. The first-order chi connectivity index (χ1) is 9.99. The molecule has 21 heavy (non-hydrogen) atoms. The molecule has 0 fully saturated rings. The Morgan fingerprint density at radius 2 is 1.67 bits per heavy atom. The normalized spacial score (nSPS) is 10.0. The van der Waals surface area contributed by atoms with Crippen LogP contribution in [-0.4, -0.2) is 5.91 Å². The zero-order valence-electron chi connectivity index (χ0n) is 12.5. The highest BCUT2D eigenvalue weighted by Crippen LogP contribution is 2.22. The summed E-state index contributed by atoms with van der Waals surface area (Å²) in [5, 5.41) is 11.7. The number of hydrogen-bond donors (Lipinski definition) is 1. The molecule has 0 aliphatic heterocycles. The minimum Gasteiger partial charge on any atom is -0.325 e. The van der Waals surface area contributed by atoms with Crippen molar-refractivity contribution >= 4 is 11.6 Å². The predicted octanol–water partition coefficient (Wildman–Crippen LogP) is 3.66. The molecule has 0 spiro atoms. The fourth-order valence-electron chi connectivity index (χ4n) is 2.44. The van der Waals surface area contributed by atoms with Crippen molar-refractivity contribution in [3.8, 4) is 6.07 Å². The van der Waals surface area contributed by atoms with Gasteiger partial charge in [0, 0.05) is 5.69 Å². The molecule has 0 unspecified atom stereocenters. The predicted molar refractivity (Wildman–Crippen MR) is 84.1 cm³/mol. The summed E-state index contributed by atoms with van der Waals surface area (Å²) in [4.78, 5) is 12.1. The second kappa shape index (κ2) is 6.23. The maximum absolute atomic E-state index is 12.1. The molecule has 0 aliphatic carbocycles. The van der Waals surface area contributed by atoms with E-state index in [0.717, 1.165) is 22.4 Å². The monoisotopic (exact) mass is 278 g/mol. The van der Waals surface area contributed by atoms with Crippen molar-refractivity contribution in [1.29, 1.82) is 5.26 Å². The lowest BCUT2D eigenvalue weighted by atomic mass is 10.0. The summed E-state index contributed by atoms with van der Waals surface area (Å²) >= 11 is 0. The third-order valence-corrected chi connectivity index (χ3v) is 3.39. The quantitative estimate of drug-likeness (QED) is 0.931. The van der Waals surface area contributed by atoms with Crippen molar-refractivity contribution in [2.24, 2.45) is 0 Å². The third-order valence-electron chi connectivity index (χ3n) is 3.39. The maximum Gasteiger partial charge on any atom is 0.228 e. The Morgan fingerprint density at radius 3 is 2.19 bits per heavy atom. The molecule has 3 nitrogen and oxygen atoms in total. The Labute approximate surface area is 125 Å². The molecule has 1 amide bonds. The van der Waals surface area contributed by atoms with Crippen molar-refractivity contribution < 1.29 is 4.79 Å². The number of hydrogen-bond acceptors (Lipinski definition) is 2. The van der Waals surface area contributed by atoms with Crippen molar-refractivity contribution in [2.75, 3.05) is 5.32 Å². The smallest absolute Gasteiger partial charge is 0.228 e. The van der Waals surface area contributed by atoms with Gasteiger partial charge in [-0.05, 0) is 49.6 Å². The van der Waals surface area contributed by atoms with Gasteiger partial charge < -0.3 is 5.32 Å². The molecule has 2 rings (SSSR count). The highest BCUT2D eigenvalue weighted by atomic mass is 16.1. The topological polar surface area (TPSA) is 52.9 Å². The average molecular weight is 278 g/mol. The molecular weight excluding hydrogens is 260 g/mol. The van der Waals surface area contributed by atoms with Crippen LogP contribution in [0.5, 0.6) is 0 Å². The van der Waals surface area contributed by atoms with Gasteiger partial charge >= 0.3 is 0 Å². The van der Waals surface area contributed by atoms with Crippen molar-refractivity contribution in [2.45, 2.75) is 27.2 Å². The molecule has 1 N–H and O–H groups in total. The van der Waals surface area contributed by atoms with Gasteiger partial charge in [-0.25, -0.2) is 0 Å². The summed E-state index contributed by atoms with van der Waals surface area (Å²) in [6.45, 7) is 6.04. The third kappa shape index (κ3) is 3.70. The van der Waals surface area contributed by atoms with Gasteiger partial charge in [-0.15, -0.1) is 0 Å². The first-order valence-electron chi connectivity index (χ1n) is 6.86. The summed E-state index contributed by atoms with van der Waals surface area (Å²) in [5.74, 6) is -0.0465. The van der Waals surface area contributed by atoms with E-state index >= 15 is 0 Å². The van der Waals surface area contributed by atoms with E-state index in [9.17, 15) is 4.79 Å². The van der Waals surface area contributed by atoms with E-state index in [4.69, 9.17) is 5.26 Å². The van der Waals surface area contributed by atoms with Crippen molar-refractivity contribution in [1.82, 2.24) is 0 Å². The van der Waals surface area contributed by atoms with Gasteiger partial charge in [0.2, 0.25) is 5.91 Å². The summed E-state index contributed by atoms with van der Waals surface area (Å²) in [7, 11) is 0. The van der Waals surface area contributed by atoms with E-state index in [1.54, 1.807) is 12.1 Å². The van der Waals surface area contributed by atoms with Gasteiger partial charge in [-0.1, -0.05) is 29.8 Å². The Balaban J connectivity index is 2.10. The Morgan fingerprint density at radius 1 is 1.10 bits per heavy atom. The number of carbonyl (C=O) groups excluding carboxylic acids is 1. The Kier molecular flexibility index (Phi) is 4.39. The highest BCUT2D eigenvalue weighted by molar-refractivity contribution is 5.93. The zero-order valence-corrected chi connectivity index (χ0v) is 12.5. The Hall–Kier alpha value is -2.60. The number of amides is 1. The van der Waals surface area contributed by atoms with Crippen LogP contribution in [0.3, 0.4) is 0 Å². The Bertz CT molecular complexity index is 686. The lowest BCUT2D eigenvalue weighted by molar-refractivity contribution is -0.115. The van der Waals surface area contributed by atoms with Crippen LogP contribution in [0.1, 0.15) is 27.8 Å². The van der Waals surface area contributed by atoms with Crippen molar-refractivity contribution in [3.63, 3.8) is 0 Å². The summed E-state index contributed by atoms with van der Waals surface area (Å²) < 4.78 is 0. The molecule has 3 heteroatoms. The van der Waals surface area contributed by atoms with Gasteiger partial charge in [0.25, 0.3) is 0 Å². The largest absolute Gasteiger partial charge is 0.325 e. The molecule has 0 aromatic heterocycles. The van der Waals surface area contributed by atoms with E-state index in [0.29, 0.717) is 12.0 Å². The lowest BCUT2D eigenvalue weighted by Gasteiger charge is -2.13. The summed E-state index contributed by atoms with van der Waals surface area (Å²) in [5.41, 5.74) is 5.72. The van der Waals surface area contributed by atoms with Crippen LogP contribution in [0, 0.1) is 32.1 Å². The number of rotatable bonds is 3. The van der Waals surface area contributed by atoms with Crippen LogP contribution in [-0.2, 0) is 11.2 Å². The van der Waals surface area contributed by atoms with Gasteiger partial charge in [0.15, 0.2) is 0 Å². The van der Waals surface area contributed by atoms with Crippen LogP contribution in [0.4, 0.5) is 5.69 Å². The number of carbonyl (C=O) groups is 1. The molecule has 0 heterocycles. The fraction of sp³-hybridized carbons (Fsp3) is 0.222. The van der Waals surface area contributed by atoms with Gasteiger partial charge in [-0.3, -0.25) is 4.79 Å². The first kappa shape index (κ1) is 14.8. The number of aryl methyl sites for hydroxylation is 3. The number of nitrogens with zero attached hydrogens (tertiary/aromatic N) is 1. The summed E-state index contributed by atoms with van der Waals surface area (Å²) in [6, 6.07) is 13.3. The maximum atomic E-state index is 12.1. The van der Waals surface area contributed by atoms with E-state index in [-0.39, 0.29) is 5.91 Å². The summed E-state index contributed by atoms with van der Waals surface area (Å²) in [6.07, 6.45) is 0.304. The van der Waals surface area contributed by atoms with E-state index in [1.165, 1.54) is 5.56 Å². The second-order valence-electron chi connectivity index (χ2n) is 5.31. The minimum absolute atomic E-state index is 0.0465. The standard InChI is InChI=1S/C18H18N2O/c1-12-8-13(2)18(14(3)9-12)20-17(21)10-15-4-6-16(11-19)7-5-15/h4-9H,10H2,1-3H3,(H,20,21). The fourth-order valence-corrected chi connectivity index (χ4v) is 2.44. The molecule has 0 atom stereocenters. The van der Waals surface area contributed by atoms with E-state index in [1.807, 2.05) is 32.9 Å². The first-order valence-corrected chi connectivity index (χ1v) is 6.86. The zero-order chi connectivity index (χ0) is 15.4. The van der Waals surface area contributed by atoms with Gasteiger partial charge in [0.1, 0.15) is 0 Å². The number of nitriles is 1. The average Bonchev–Trinajstić information content (AvgIpc) is 2.43. The molecule has 0 aliphatic rings. The van der Waals surface area contributed by atoms with Crippen molar-refractivity contribution in [3.05, 3.63) is 64.2 Å². The van der Waals surface area contributed by atoms with Crippen LogP contribution < -0.4 is 5.32 Å². The highest BCUT2D eigenvalue weighted by Gasteiger charge is 2.09. The molecule has 2 aromatic rings. The molecule has 0 saturated heterocycles. The van der Waals surface area contributed by atoms with Crippen LogP contribution >= 0.6 is 0 Å². The van der Waals surface area contributed by atoms with Gasteiger partial charge in [0.05, 0.1) is 18.1 Å². The molecule has 0 saturated carbocycles. The molecular formula is C18H18N2O. The molecule has 0 radical (unpaired) electrons.